The van der Waals surface area contributed by atoms with Crippen LogP contribution < -0.4 is 0 Å². The summed E-state index contributed by atoms with van der Waals surface area (Å²) in [6, 6.07) is 0. The van der Waals surface area contributed by atoms with Gasteiger partial charge in [-0.05, 0) is 50.7 Å². The van der Waals surface area contributed by atoms with Crippen LogP contribution in [0.4, 0.5) is 4.39 Å². The second-order valence-electron chi connectivity index (χ2n) is 9.56. The van der Waals surface area contributed by atoms with E-state index in [0.717, 1.165) is 5.57 Å². The number of aliphatic hydroxyl groups excluding tert-OH is 1. The summed E-state index contributed by atoms with van der Waals surface area (Å²) in [6.45, 7) is 5.04. The highest BCUT2D eigenvalue weighted by atomic mass is 19.1. The lowest BCUT2D eigenvalue weighted by Crippen LogP contribution is -2.66. The van der Waals surface area contributed by atoms with Gasteiger partial charge in [0.2, 0.25) is 0 Å². The minimum atomic E-state index is -1.90. The summed E-state index contributed by atoms with van der Waals surface area (Å²) in [5.74, 6) is -1.42. The standard InChI is InChI=1S/C24H29FO5/c1-4-21(29)30-13-19(27)18-8-7-16-17-6-5-14-11-15(26)9-10-23(14,3)24(17,25)20(28)12-22(16,18)2/h8-11,16-17,20,28H,4-7,12-13H2,1-3H3/t16-,17-,20-,22+,23+,24+/m1/s1. The maximum absolute atomic E-state index is 16.9. The molecule has 4 rings (SSSR count). The van der Waals surface area contributed by atoms with Crippen molar-refractivity contribution >= 4 is 17.5 Å². The summed E-state index contributed by atoms with van der Waals surface area (Å²) in [5.41, 5.74) is -2.32. The molecule has 0 aliphatic heterocycles. The van der Waals surface area contributed by atoms with E-state index in [0.29, 0.717) is 24.8 Å². The molecule has 0 unspecified atom stereocenters. The first-order valence-electron chi connectivity index (χ1n) is 10.8. The minimum absolute atomic E-state index is 0.120. The molecule has 0 aromatic heterocycles. The van der Waals surface area contributed by atoms with E-state index in [9.17, 15) is 19.5 Å². The summed E-state index contributed by atoms with van der Waals surface area (Å²) in [4.78, 5) is 36.1. The molecule has 6 heteroatoms. The lowest BCUT2D eigenvalue weighted by Gasteiger charge is -2.61. The maximum Gasteiger partial charge on any atom is 0.305 e. The van der Waals surface area contributed by atoms with Gasteiger partial charge in [-0.2, -0.15) is 0 Å². The number of hydrogen-bond acceptors (Lipinski definition) is 5. The third-order valence-corrected chi connectivity index (χ3v) is 8.18. The van der Waals surface area contributed by atoms with Crippen LogP contribution in [0.2, 0.25) is 0 Å². The van der Waals surface area contributed by atoms with E-state index in [1.807, 2.05) is 13.0 Å². The summed E-state index contributed by atoms with van der Waals surface area (Å²) in [6.07, 6.45) is 7.11. The molecule has 162 valence electrons. The third kappa shape index (κ3) is 2.72. The Morgan fingerprint density at radius 3 is 2.73 bits per heavy atom. The van der Waals surface area contributed by atoms with Crippen molar-refractivity contribution in [1.29, 1.82) is 0 Å². The molecule has 0 radical (unpaired) electrons. The van der Waals surface area contributed by atoms with Gasteiger partial charge in [-0.15, -0.1) is 0 Å². The van der Waals surface area contributed by atoms with Crippen LogP contribution >= 0.6 is 0 Å². The van der Waals surface area contributed by atoms with Gasteiger partial charge in [0, 0.05) is 28.7 Å². The van der Waals surface area contributed by atoms with Crippen molar-refractivity contribution in [3.8, 4) is 0 Å². The molecule has 0 aromatic rings. The van der Waals surface area contributed by atoms with Gasteiger partial charge in [-0.25, -0.2) is 4.39 Å². The predicted molar refractivity (Wildman–Crippen MR) is 108 cm³/mol. The van der Waals surface area contributed by atoms with Crippen LogP contribution in [0.3, 0.4) is 0 Å². The highest BCUT2D eigenvalue weighted by Gasteiger charge is 2.69. The number of Topliss-reactive ketones (excluding diaryl/α,β-unsaturated/α-hetero) is 1. The molecule has 30 heavy (non-hydrogen) atoms. The molecule has 0 aromatic carbocycles. The Labute approximate surface area is 176 Å². The first-order valence-corrected chi connectivity index (χ1v) is 10.8. The van der Waals surface area contributed by atoms with Gasteiger partial charge in [-0.1, -0.05) is 31.6 Å². The van der Waals surface area contributed by atoms with Crippen LogP contribution in [-0.2, 0) is 19.1 Å². The number of fused-ring (bicyclic) bond motifs is 5. The first kappa shape index (κ1) is 21.2. The van der Waals surface area contributed by atoms with Crippen LogP contribution in [0.15, 0.2) is 35.5 Å². The van der Waals surface area contributed by atoms with Crippen molar-refractivity contribution in [2.45, 2.75) is 64.6 Å². The number of rotatable bonds is 4. The Morgan fingerprint density at radius 2 is 2.03 bits per heavy atom. The Hall–Kier alpha value is -2.08. The van der Waals surface area contributed by atoms with E-state index in [4.69, 9.17) is 4.74 Å². The van der Waals surface area contributed by atoms with Gasteiger partial charge in [0.1, 0.15) is 0 Å². The third-order valence-electron chi connectivity index (χ3n) is 8.18. The second kappa shape index (κ2) is 6.98. The molecular weight excluding hydrogens is 387 g/mol. The highest BCUT2D eigenvalue weighted by Crippen LogP contribution is 2.67. The number of alkyl halides is 1. The Kier molecular flexibility index (Phi) is 4.92. The van der Waals surface area contributed by atoms with E-state index in [1.54, 1.807) is 19.9 Å². The summed E-state index contributed by atoms with van der Waals surface area (Å²) in [7, 11) is 0. The normalized spacial score (nSPS) is 41.9. The molecule has 0 saturated heterocycles. The molecule has 4 aliphatic rings. The van der Waals surface area contributed by atoms with E-state index >= 15 is 4.39 Å². The van der Waals surface area contributed by atoms with Gasteiger partial charge in [0.05, 0.1) is 6.10 Å². The van der Waals surface area contributed by atoms with E-state index in [2.05, 4.69) is 0 Å². The highest BCUT2D eigenvalue weighted by molar-refractivity contribution is 6.01. The zero-order valence-electron chi connectivity index (χ0n) is 17.7. The lowest BCUT2D eigenvalue weighted by atomic mass is 9.45. The van der Waals surface area contributed by atoms with Gasteiger partial charge in [0.15, 0.2) is 23.8 Å². The quantitative estimate of drug-likeness (QED) is 0.711. The average molecular weight is 416 g/mol. The molecule has 1 N–H and O–H groups in total. The number of allylic oxidation sites excluding steroid dienone is 5. The SMILES string of the molecule is CCC(=O)OCC(=O)C1=CC[C@@H]2[C@H]3CCC4=CC(=O)C=C[C@]4(C)[C@@]3(F)[C@H](O)C[C@]12C. The number of halogens is 1. The van der Waals surface area contributed by atoms with Gasteiger partial charge in [-0.3, -0.25) is 14.4 Å². The number of esters is 1. The number of ketones is 2. The Balaban J connectivity index is 1.65. The van der Waals surface area contributed by atoms with Crippen molar-refractivity contribution < 1.29 is 28.6 Å². The van der Waals surface area contributed by atoms with Crippen LogP contribution in [0.5, 0.6) is 0 Å². The van der Waals surface area contributed by atoms with E-state index < -0.39 is 34.5 Å². The molecule has 2 saturated carbocycles. The van der Waals surface area contributed by atoms with Crippen LogP contribution in [0, 0.1) is 22.7 Å². The van der Waals surface area contributed by atoms with Gasteiger partial charge >= 0.3 is 5.97 Å². The second-order valence-corrected chi connectivity index (χ2v) is 9.56. The Morgan fingerprint density at radius 1 is 1.30 bits per heavy atom. The number of ether oxygens (including phenoxy) is 1. The molecule has 6 atom stereocenters. The molecule has 5 nitrogen and oxygen atoms in total. The number of aliphatic hydroxyl groups is 1. The molecule has 4 aliphatic carbocycles. The zero-order chi connectivity index (χ0) is 21.9. The van der Waals surface area contributed by atoms with Gasteiger partial charge in [0.25, 0.3) is 0 Å². The molecule has 0 bridgehead atoms. The fraction of sp³-hybridized carbons (Fsp3) is 0.625. The van der Waals surface area contributed by atoms with Crippen LogP contribution in [0.25, 0.3) is 0 Å². The maximum atomic E-state index is 16.9. The van der Waals surface area contributed by atoms with Crippen molar-refractivity contribution in [3.63, 3.8) is 0 Å². The molecule has 0 amide bonds. The topological polar surface area (TPSA) is 80.7 Å². The Bertz CT molecular complexity index is 901. The smallest absolute Gasteiger partial charge is 0.305 e. The molecular formula is C24H29FO5. The molecule has 0 spiro atoms. The van der Waals surface area contributed by atoms with E-state index in [1.165, 1.54) is 12.2 Å². The number of hydrogen-bond donors (Lipinski definition) is 1. The fourth-order valence-electron chi connectivity index (χ4n) is 6.54. The van der Waals surface area contributed by atoms with E-state index in [-0.39, 0.29) is 36.9 Å². The monoisotopic (exact) mass is 416 g/mol. The van der Waals surface area contributed by atoms with Gasteiger partial charge < -0.3 is 9.84 Å². The number of carbonyl (C=O) groups is 3. The van der Waals surface area contributed by atoms with Crippen molar-refractivity contribution in [2.24, 2.45) is 22.7 Å². The average Bonchev–Trinajstić information content (AvgIpc) is 3.04. The van der Waals surface area contributed by atoms with Crippen LogP contribution in [0.1, 0.15) is 52.9 Å². The summed E-state index contributed by atoms with van der Waals surface area (Å²) < 4.78 is 21.9. The van der Waals surface area contributed by atoms with Crippen LogP contribution in [-0.4, -0.2) is 41.0 Å². The largest absolute Gasteiger partial charge is 0.457 e. The van der Waals surface area contributed by atoms with Crippen molar-refractivity contribution in [3.05, 3.63) is 35.5 Å². The zero-order valence-corrected chi connectivity index (χ0v) is 17.7. The van der Waals surface area contributed by atoms with Crippen molar-refractivity contribution in [1.82, 2.24) is 0 Å². The molecule has 0 heterocycles. The first-order chi connectivity index (χ1) is 14.1. The number of carbonyl (C=O) groups excluding carboxylic acids is 3. The summed E-state index contributed by atoms with van der Waals surface area (Å²) >= 11 is 0. The van der Waals surface area contributed by atoms with Crippen molar-refractivity contribution in [2.75, 3.05) is 6.61 Å². The minimum Gasteiger partial charge on any atom is -0.457 e. The lowest BCUT2D eigenvalue weighted by molar-refractivity contribution is -0.185. The predicted octanol–water partition coefficient (Wildman–Crippen LogP) is 3.42. The summed E-state index contributed by atoms with van der Waals surface area (Å²) in [5, 5.41) is 11.2. The molecule has 2 fully saturated rings. The fourth-order valence-corrected chi connectivity index (χ4v) is 6.54.